The van der Waals surface area contributed by atoms with Gasteiger partial charge in [0.05, 0.1) is 7.11 Å². The number of esters is 1. The average molecular weight is 240 g/mol. The number of nitrogens with two attached hydrogens (primary N) is 1. The van der Waals surface area contributed by atoms with E-state index in [1.165, 1.54) is 19.2 Å². The second kappa shape index (κ2) is 5.32. The van der Waals surface area contributed by atoms with Crippen molar-refractivity contribution < 1.29 is 14.3 Å². The van der Waals surface area contributed by atoms with Gasteiger partial charge < -0.3 is 10.5 Å². The van der Waals surface area contributed by atoms with E-state index in [0.29, 0.717) is 10.7 Å². The number of ether oxygens (including phenoxy) is 1. The Kier molecular flexibility index (Phi) is 4.08. The fourth-order valence-corrected chi connectivity index (χ4v) is 1.22. The molecular weight excluding hydrogens is 230 g/mol. The molecule has 0 amide bonds. The summed E-state index contributed by atoms with van der Waals surface area (Å²) < 4.78 is 4.36. The Morgan fingerprint density at radius 3 is 2.69 bits per heavy atom. The average Bonchev–Trinajstić information content (AvgIpc) is 2.28. The topological polar surface area (TPSA) is 69.4 Å². The molecule has 0 aromatic heterocycles. The fraction of sp³-hybridized carbons (Fsp3) is 0.0909. The number of hydrogen-bond donors (Lipinski definition) is 1. The SMILES string of the molecule is COC(=O)C=CC(=O)c1cc(Cl)ccc1N. The van der Waals surface area contributed by atoms with Gasteiger partial charge in [0, 0.05) is 22.3 Å². The van der Waals surface area contributed by atoms with E-state index < -0.39 is 11.8 Å². The van der Waals surface area contributed by atoms with Crippen LogP contribution in [0, 0.1) is 0 Å². The third kappa shape index (κ3) is 3.10. The standard InChI is InChI=1S/C11H10ClNO3/c1-16-11(15)5-4-10(14)8-6-7(12)2-3-9(8)13/h2-6H,13H2,1H3. The van der Waals surface area contributed by atoms with Gasteiger partial charge in [-0.2, -0.15) is 0 Å². The summed E-state index contributed by atoms with van der Waals surface area (Å²) >= 11 is 5.73. The summed E-state index contributed by atoms with van der Waals surface area (Å²) in [6.45, 7) is 0. The molecule has 0 bridgehead atoms. The summed E-state index contributed by atoms with van der Waals surface area (Å²) in [7, 11) is 1.23. The van der Waals surface area contributed by atoms with Crippen LogP contribution in [0.15, 0.2) is 30.4 Å². The molecule has 4 nitrogen and oxygen atoms in total. The first-order chi connectivity index (χ1) is 7.54. The number of halogens is 1. The van der Waals surface area contributed by atoms with Crippen molar-refractivity contribution >= 4 is 29.0 Å². The van der Waals surface area contributed by atoms with Crippen LogP contribution in [0.1, 0.15) is 10.4 Å². The minimum Gasteiger partial charge on any atom is -0.466 e. The molecule has 0 saturated carbocycles. The highest BCUT2D eigenvalue weighted by Gasteiger charge is 2.07. The van der Waals surface area contributed by atoms with E-state index >= 15 is 0 Å². The number of carbonyl (C=O) groups excluding carboxylic acids is 2. The van der Waals surface area contributed by atoms with Crippen LogP contribution in [0.5, 0.6) is 0 Å². The number of methoxy groups -OCH3 is 1. The molecule has 0 unspecified atom stereocenters. The molecule has 0 radical (unpaired) electrons. The highest BCUT2D eigenvalue weighted by molar-refractivity contribution is 6.31. The second-order valence-corrected chi connectivity index (χ2v) is 3.39. The minimum atomic E-state index is -0.603. The lowest BCUT2D eigenvalue weighted by molar-refractivity contribution is -0.134. The molecule has 1 rings (SSSR count). The van der Waals surface area contributed by atoms with E-state index in [4.69, 9.17) is 17.3 Å². The Balaban J connectivity index is 2.92. The van der Waals surface area contributed by atoms with Crippen LogP contribution in [-0.4, -0.2) is 18.9 Å². The van der Waals surface area contributed by atoms with Crippen LogP contribution >= 0.6 is 11.6 Å². The number of allylic oxidation sites excluding steroid dienone is 1. The van der Waals surface area contributed by atoms with Crippen molar-refractivity contribution in [2.75, 3.05) is 12.8 Å². The Morgan fingerprint density at radius 1 is 1.38 bits per heavy atom. The first-order valence-electron chi connectivity index (χ1n) is 4.40. The zero-order valence-electron chi connectivity index (χ0n) is 8.57. The van der Waals surface area contributed by atoms with E-state index in [1.54, 1.807) is 6.07 Å². The minimum absolute atomic E-state index is 0.257. The number of ketones is 1. The summed E-state index contributed by atoms with van der Waals surface area (Å²) in [6, 6.07) is 4.56. The van der Waals surface area contributed by atoms with Gasteiger partial charge in [-0.25, -0.2) is 4.79 Å². The van der Waals surface area contributed by atoms with Gasteiger partial charge in [0.2, 0.25) is 0 Å². The summed E-state index contributed by atoms with van der Waals surface area (Å²) in [4.78, 5) is 22.4. The Bertz CT molecular complexity index is 455. The van der Waals surface area contributed by atoms with Gasteiger partial charge in [-0.05, 0) is 24.3 Å². The molecule has 2 N–H and O–H groups in total. The van der Waals surface area contributed by atoms with E-state index in [-0.39, 0.29) is 5.56 Å². The second-order valence-electron chi connectivity index (χ2n) is 2.95. The molecular formula is C11H10ClNO3. The number of anilines is 1. The van der Waals surface area contributed by atoms with Gasteiger partial charge >= 0.3 is 5.97 Å². The van der Waals surface area contributed by atoms with E-state index in [0.717, 1.165) is 12.2 Å². The van der Waals surface area contributed by atoms with Crippen LogP contribution in [0.4, 0.5) is 5.69 Å². The van der Waals surface area contributed by atoms with Gasteiger partial charge in [0.15, 0.2) is 5.78 Å². The fourth-order valence-electron chi connectivity index (χ4n) is 1.04. The molecule has 0 spiro atoms. The van der Waals surface area contributed by atoms with Crippen LogP contribution < -0.4 is 5.73 Å². The van der Waals surface area contributed by atoms with E-state index in [1.807, 2.05) is 0 Å². The van der Waals surface area contributed by atoms with Gasteiger partial charge in [-0.15, -0.1) is 0 Å². The number of carbonyl (C=O) groups is 2. The smallest absolute Gasteiger partial charge is 0.330 e. The molecule has 0 aliphatic rings. The number of benzene rings is 1. The molecule has 0 saturated heterocycles. The van der Waals surface area contributed by atoms with Crippen molar-refractivity contribution in [1.82, 2.24) is 0 Å². The van der Waals surface area contributed by atoms with Crippen LogP contribution in [0.3, 0.4) is 0 Å². The zero-order valence-corrected chi connectivity index (χ0v) is 9.32. The summed E-state index contributed by atoms with van der Waals surface area (Å²) in [6.07, 6.45) is 2.12. The highest BCUT2D eigenvalue weighted by atomic mass is 35.5. The molecule has 0 aliphatic heterocycles. The van der Waals surface area contributed by atoms with Crippen molar-refractivity contribution in [3.8, 4) is 0 Å². The maximum atomic E-state index is 11.6. The Hall–Kier alpha value is -1.81. The van der Waals surface area contributed by atoms with Crippen molar-refractivity contribution in [1.29, 1.82) is 0 Å². The number of nitrogen functional groups attached to an aromatic ring is 1. The molecule has 0 fully saturated rings. The zero-order chi connectivity index (χ0) is 12.1. The predicted octanol–water partition coefficient (Wildman–Crippen LogP) is 1.83. The lowest BCUT2D eigenvalue weighted by Crippen LogP contribution is -2.02. The summed E-state index contributed by atoms with van der Waals surface area (Å²) in [5.41, 5.74) is 6.17. The van der Waals surface area contributed by atoms with E-state index in [9.17, 15) is 9.59 Å². The van der Waals surface area contributed by atoms with Crippen molar-refractivity contribution in [3.63, 3.8) is 0 Å². The van der Waals surface area contributed by atoms with Crippen molar-refractivity contribution in [2.24, 2.45) is 0 Å². The Labute approximate surface area is 97.6 Å². The highest BCUT2D eigenvalue weighted by Crippen LogP contribution is 2.18. The molecule has 5 heteroatoms. The normalized spacial score (nSPS) is 10.4. The molecule has 0 atom stereocenters. The summed E-state index contributed by atoms with van der Waals surface area (Å²) in [5, 5.41) is 0.406. The van der Waals surface area contributed by atoms with Gasteiger partial charge in [0.1, 0.15) is 0 Å². The number of rotatable bonds is 3. The van der Waals surface area contributed by atoms with Crippen molar-refractivity contribution in [2.45, 2.75) is 0 Å². The third-order valence-corrected chi connectivity index (χ3v) is 2.09. The van der Waals surface area contributed by atoms with Gasteiger partial charge in [0.25, 0.3) is 0 Å². The van der Waals surface area contributed by atoms with Gasteiger partial charge in [-0.3, -0.25) is 4.79 Å². The lowest BCUT2D eigenvalue weighted by Gasteiger charge is -2.01. The third-order valence-electron chi connectivity index (χ3n) is 1.85. The first kappa shape index (κ1) is 12.3. The Morgan fingerprint density at radius 2 is 2.06 bits per heavy atom. The van der Waals surface area contributed by atoms with E-state index in [2.05, 4.69) is 4.74 Å². The van der Waals surface area contributed by atoms with Crippen LogP contribution in [0.2, 0.25) is 5.02 Å². The number of hydrogen-bond acceptors (Lipinski definition) is 4. The quantitative estimate of drug-likeness (QED) is 0.378. The van der Waals surface area contributed by atoms with Crippen LogP contribution in [0.25, 0.3) is 0 Å². The largest absolute Gasteiger partial charge is 0.466 e. The maximum Gasteiger partial charge on any atom is 0.330 e. The molecule has 0 heterocycles. The van der Waals surface area contributed by atoms with Crippen molar-refractivity contribution in [3.05, 3.63) is 40.9 Å². The predicted molar refractivity (Wildman–Crippen MR) is 61.4 cm³/mol. The summed E-state index contributed by atoms with van der Waals surface area (Å²) in [5.74, 6) is -1.00. The molecule has 84 valence electrons. The monoisotopic (exact) mass is 239 g/mol. The molecule has 0 aliphatic carbocycles. The van der Waals surface area contributed by atoms with Gasteiger partial charge in [-0.1, -0.05) is 11.6 Å². The lowest BCUT2D eigenvalue weighted by atomic mass is 10.1. The first-order valence-corrected chi connectivity index (χ1v) is 4.77. The molecule has 16 heavy (non-hydrogen) atoms. The molecule has 1 aromatic carbocycles. The molecule has 1 aromatic rings. The maximum absolute atomic E-state index is 11.6. The van der Waals surface area contributed by atoms with Crippen LogP contribution in [-0.2, 0) is 9.53 Å².